The van der Waals surface area contributed by atoms with Gasteiger partial charge in [0, 0.05) is 30.3 Å². The maximum absolute atomic E-state index is 12.4. The number of hydrogen-bond acceptors (Lipinski definition) is 9. The third-order valence-corrected chi connectivity index (χ3v) is 5.74. The zero-order chi connectivity index (χ0) is 20.5. The van der Waals surface area contributed by atoms with Gasteiger partial charge in [-0.25, -0.2) is 8.42 Å². The van der Waals surface area contributed by atoms with E-state index in [0.29, 0.717) is 17.1 Å². The number of nitro benzene ring substituents is 1. The predicted molar refractivity (Wildman–Crippen MR) is 105 cm³/mol. The highest BCUT2D eigenvalue weighted by Gasteiger charge is 2.32. The third kappa shape index (κ3) is 4.65. The number of carbonyl (C=O) groups is 1. The maximum atomic E-state index is 12.4. The highest BCUT2D eigenvalue weighted by molar-refractivity contribution is 8.26. The standard InChI is InChI=1S/C16H12N2O7S3/c19-15-14(27-16(26)17(15)6-7-28(22,23)24)9-12-4-5-13(25-12)10-2-1-3-11(8-10)18(20)21/h1-5,8-9H,6-7H2,(H,22,23,24)/p-1/b14-9-. The van der Waals surface area contributed by atoms with E-state index < -0.39 is 26.7 Å². The zero-order valence-corrected chi connectivity index (χ0v) is 16.4. The molecular weight excluding hydrogens is 428 g/mol. The number of non-ortho nitro benzene ring substituents is 1. The first-order chi connectivity index (χ1) is 13.1. The quantitative estimate of drug-likeness (QED) is 0.219. The van der Waals surface area contributed by atoms with E-state index in [1.54, 1.807) is 18.2 Å². The van der Waals surface area contributed by atoms with E-state index in [2.05, 4.69) is 0 Å². The Labute approximate surface area is 168 Å². The molecule has 3 rings (SSSR count). The Morgan fingerprint density at radius 2 is 2.04 bits per heavy atom. The number of carbonyl (C=O) groups excluding carboxylic acids is 1. The van der Waals surface area contributed by atoms with Crippen LogP contribution in [0.4, 0.5) is 5.69 Å². The molecule has 1 aromatic heterocycles. The molecule has 0 bridgehead atoms. The van der Waals surface area contributed by atoms with E-state index in [-0.39, 0.29) is 21.5 Å². The van der Waals surface area contributed by atoms with Crippen molar-refractivity contribution in [1.29, 1.82) is 0 Å². The SMILES string of the molecule is O=C1/C(=C/c2ccc(-c3cccc([N+](=O)[O-])c3)o2)SC(=S)N1CCS(=O)(=O)[O-]. The van der Waals surface area contributed by atoms with Gasteiger partial charge in [-0.2, -0.15) is 0 Å². The number of rotatable bonds is 6. The normalized spacial score (nSPS) is 16.2. The van der Waals surface area contributed by atoms with Crippen LogP contribution in [-0.2, 0) is 14.9 Å². The van der Waals surface area contributed by atoms with Crippen LogP contribution in [0, 0.1) is 10.1 Å². The minimum absolute atomic E-state index is 0.0790. The first-order valence-corrected chi connectivity index (χ1v) is 10.5. The van der Waals surface area contributed by atoms with E-state index >= 15 is 0 Å². The van der Waals surface area contributed by atoms with Crippen LogP contribution in [0.3, 0.4) is 0 Å². The smallest absolute Gasteiger partial charge is 0.270 e. The van der Waals surface area contributed by atoms with Crippen LogP contribution in [0.15, 0.2) is 45.7 Å². The molecule has 0 saturated carbocycles. The molecule has 12 heteroatoms. The van der Waals surface area contributed by atoms with Crippen molar-refractivity contribution in [3.63, 3.8) is 0 Å². The van der Waals surface area contributed by atoms with Gasteiger partial charge in [-0.1, -0.05) is 36.1 Å². The lowest BCUT2D eigenvalue weighted by molar-refractivity contribution is -0.384. The molecule has 0 unspecified atom stereocenters. The first kappa shape index (κ1) is 20.2. The number of nitro groups is 1. The molecule has 1 amide bonds. The first-order valence-electron chi connectivity index (χ1n) is 7.68. The fourth-order valence-corrected chi connectivity index (χ4v) is 4.08. The topological polar surface area (TPSA) is 134 Å². The molecule has 0 aliphatic carbocycles. The molecule has 1 fully saturated rings. The molecule has 28 heavy (non-hydrogen) atoms. The molecule has 2 heterocycles. The maximum Gasteiger partial charge on any atom is 0.270 e. The van der Waals surface area contributed by atoms with Gasteiger partial charge in [-0.3, -0.25) is 19.8 Å². The number of thiocarbonyl (C=S) groups is 1. The Hall–Kier alpha value is -2.54. The molecule has 1 aliphatic rings. The van der Waals surface area contributed by atoms with Gasteiger partial charge in [0.2, 0.25) is 0 Å². The number of thioether (sulfide) groups is 1. The second-order valence-corrected chi connectivity index (χ2v) is 8.80. The summed E-state index contributed by atoms with van der Waals surface area (Å²) in [4.78, 5) is 24.0. The summed E-state index contributed by atoms with van der Waals surface area (Å²) in [6, 6.07) is 9.11. The van der Waals surface area contributed by atoms with Crippen LogP contribution in [0.5, 0.6) is 0 Å². The summed E-state index contributed by atoms with van der Waals surface area (Å²) in [5.74, 6) is -0.557. The molecule has 1 aromatic carbocycles. The molecule has 1 saturated heterocycles. The van der Waals surface area contributed by atoms with Gasteiger partial charge >= 0.3 is 0 Å². The monoisotopic (exact) mass is 439 g/mol. The van der Waals surface area contributed by atoms with Crippen LogP contribution in [0.1, 0.15) is 5.76 Å². The van der Waals surface area contributed by atoms with Crippen molar-refractivity contribution in [3.8, 4) is 11.3 Å². The van der Waals surface area contributed by atoms with Crippen molar-refractivity contribution in [2.24, 2.45) is 0 Å². The predicted octanol–water partition coefficient (Wildman–Crippen LogP) is 2.60. The Kier molecular flexibility index (Phi) is 5.65. The number of amides is 1. The van der Waals surface area contributed by atoms with Gasteiger partial charge in [0.15, 0.2) is 0 Å². The summed E-state index contributed by atoms with van der Waals surface area (Å²) in [6.45, 7) is -0.315. The second kappa shape index (κ2) is 7.83. The lowest BCUT2D eigenvalue weighted by atomic mass is 10.1. The van der Waals surface area contributed by atoms with Crippen molar-refractivity contribution in [2.45, 2.75) is 0 Å². The third-order valence-electron chi connectivity index (χ3n) is 3.68. The van der Waals surface area contributed by atoms with Gasteiger partial charge in [0.05, 0.1) is 25.7 Å². The summed E-state index contributed by atoms with van der Waals surface area (Å²) in [6.07, 6.45) is 1.44. The number of furan rings is 1. The molecule has 9 nitrogen and oxygen atoms in total. The van der Waals surface area contributed by atoms with E-state index in [1.165, 1.54) is 24.3 Å². The van der Waals surface area contributed by atoms with Gasteiger partial charge in [0.25, 0.3) is 11.6 Å². The van der Waals surface area contributed by atoms with Crippen LogP contribution in [-0.4, -0.2) is 45.3 Å². The average Bonchev–Trinajstić information content (AvgIpc) is 3.18. The molecule has 2 aromatic rings. The minimum Gasteiger partial charge on any atom is -0.748 e. The molecule has 1 aliphatic heterocycles. The fraction of sp³-hybridized carbons (Fsp3) is 0.125. The van der Waals surface area contributed by atoms with E-state index in [9.17, 15) is 27.9 Å². The van der Waals surface area contributed by atoms with Crippen molar-refractivity contribution >= 4 is 56.1 Å². The highest BCUT2D eigenvalue weighted by atomic mass is 32.2. The number of hydrogen-bond donors (Lipinski definition) is 0. The summed E-state index contributed by atoms with van der Waals surface area (Å²) >= 11 is 6.02. The lowest BCUT2D eigenvalue weighted by Gasteiger charge is -2.15. The zero-order valence-electron chi connectivity index (χ0n) is 13.9. The largest absolute Gasteiger partial charge is 0.748 e. The van der Waals surface area contributed by atoms with Gasteiger partial charge < -0.3 is 8.97 Å². The Balaban J connectivity index is 1.80. The van der Waals surface area contributed by atoms with E-state index in [0.717, 1.165) is 16.7 Å². The summed E-state index contributed by atoms with van der Waals surface area (Å²) in [5, 5.41) is 10.9. The van der Waals surface area contributed by atoms with Gasteiger partial charge in [-0.15, -0.1) is 0 Å². The Morgan fingerprint density at radius 3 is 2.71 bits per heavy atom. The van der Waals surface area contributed by atoms with Crippen molar-refractivity contribution in [2.75, 3.05) is 12.3 Å². The average molecular weight is 439 g/mol. The molecule has 0 atom stereocenters. The van der Waals surface area contributed by atoms with E-state index in [4.69, 9.17) is 16.6 Å². The van der Waals surface area contributed by atoms with Crippen LogP contribution in [0.25, 0.3) is 17.4 Å². The minimum atomic E-state index is -4.47. The fourth-order valence-electron chi connectivity index (χ4n) is 2.38. The van der Waals surface area contributed by atoms with Crippen LogP contribution >= 0.6 is 24.0 Å². The Morgan fingerprint density at radius 1 is 1.29 bits per heavy atom. The summed E-state index contributed by atoms with van der Waals surface area (Å²) in [7, 11) is -4.47. The second-order valence-electron chi connectivity index (χ2n) is 5.60. The molecule has 0 radical (unpaired) electrons. The van der Waals surface area contributed by atoms with Crippen LogP contribution < -0.4 is 0 Å². The molecule has 0 N–H and O–H groups in total. The molecule has 0 spiro atoms. The lowest BCUT2D eigenvalue weighted by Crippen LogP contribution is -2.32. The van der Waals surface area contributed by atoms with Crippen molar-refractivity contribution < 1.29 is 27.1 Å². The highest BCUT2D eigenvalue weighted by Crippen LogP contribution is 2.33. The van der Waals surface area contributed by atoms with Gasteiger partial charge in [-0.05, 0) is 12.1 Å². The van der Waals surface area contributed by atoms with Crippen molar-refractivity contribution in [3.05, 3.63) is 57.2 Å². The Bertz CT molecular complexity index is 1100. The molecular formula is C16H11N2O7S3-. The van der Waals surface area contributed by atoms with Gasteiger partial charge in [0.1, 0.15) is 15.8 Å². The van der Waals surface area contributed by atoms with Crippen molar-refractivity contribution in [1.82, 2.24) is 4.90 Å². The summed E-state index contributed by atoms with van der Waals surface area (Å²) < 4.78 is 38.1. The number of benzene rings is 1. The van der Waals surface area contributed by atoms with E-state index in [1.807, 2.05) is 0 Å². The number of nitrogens with zero attached hydrogens (tertiary/aromatic N) is 2. The van der Waals surface area contributed by atoms with Crippen LogP contribution in [0.2, 0.25) is 0 Å². The molecule has 146 valence electrons. The summed E-state index contributed by atoms with van der Waals surface area (Å²) in [5.41, 5.74) is 0.423.